The molecule has 1 N–H and O–H groups in total. The molecule has 0 saturated heterocycles. The van der Waals surface area contributed by atoms with Crippen molar-refractivity contribution in [2.75, 3.05) is 7.11 Å². The number of rotatable bonds is 6. The number of nitro groups is 1. The third-order valence-corrected chi connectivity index (χ3v) is 4.41. The van der Waals surface area contributed by atoms with Crippen molar-refractivity contribution in [3.05, 3.63) is 88.0 Å². The van der Waals surface area contributed by atoms with Crippen molar-refractivity contribution in [2.24, 2.45) is 0 Å². The molecule has 142 valence electrons. The van der Waals surface area contributed by atoms with Crippen molar-refractivity contribution in [1.29, 1.82) is 0 Å². The lowest BCUT2D eigenvalue weighted by Crippen LogP contribution is -2.43. The number of benzene rings is 3. The molecule has 0 saturated carbocycles. The van der Waals surface area contributed by atoms with Crippen LogP contribution in [0.5, 0.6) is 0 Å². The fourth-order valence-corrected chi connectivity index (χ4v) is 2.98. The van der Waals surface area contributed by atoms with Crippen LogP contribution in [0.4, 0.5) is 5.69 Å². The summed E-state index contributed by atoms with van der Waals surface area (Å²) in [6.07, 6.45) is 0.154. The molecule has 7 heteroatoms. The SMILES string of the molecule is COC(=O)[C@@H](Cc1ccc([N+](=O)[O-])cc1)NC(=O)c1cccc2ccccc12. The number of nitro benzene ring substituents is 1. The third-order valence-electron chi connectivity index (χ3n) is 4.41. The molecule has 1 atom stereocenters. The summed E-state index contributed by atoms with van der Waals surface area (Å²) in [7, 11) is 1.25. The fraction of sp³-hybridized carbons (Fsp3) is 0.143. The Labute approximate surface area is 161 Å². The van der Waals surface area contributed by atoms with Crippen LogP contribution in [-0.2, 0) is 16.0 Å². The minimum atomic E-state index is -0.919. The van der Waals surface area contributed by atoms with E-state index in [4.69, 9.17) is 4.74 Å². The Balaban J connectivity index is 1.83. The molecule has 0 radical (unpaired) electrons. The van der Waals surface area contributed by atoms with E-state index in [1.807, 2.05) is 30.3 Å². The van der Waals surface area contributed by atoms with E-state index in [0.29, 0.717) is 11.1 Å². The first-order chi connectivity index (χ1) is 13.5. The van der Waals surface area contributed by atoms with Crippen LogP contribution in [0.15, 0.2) is 66.7 Å². The third kappa shape index (κ3) is 4.15. The number of amides is 1. The average Bonchev–Trinajstić information content (AvgIpc) is 2.72. The van der Waals surface area contributed by atoms with E-state index in [9.17, 15) is 19.7 Å². The largest absolute Gasteiger partial charge is 0.467 e. The van der Waals surface area contributed by atoms with Gasteiger partial charge in [0, 0.05) is 24.1 Å². The zero-order valence-corrected chi connectivity index (χ0v) is 15.1. The Morgan fingerprint density at radius 2 is 1.71 bits per heavy atom. The summed E-state index contributed by atoms with van der Waals surface area (Å²) in [6, 6.07) is 17.7. The molecule has 28 heavy (non-hydrogen) atoms. The van der Waals surface area contributed by atoms with Gasteiger partial charge in [0.25, 0.3) is 11.6 Å². The summed E-state index contributed by atoms with van der Waals surface area (Å²) < 4.78 is 4.81. The predicted molar refractivity (Wildman–Crippen MR) is 104 cm³/mol. The van der Waals surface area contributed by atoms with Crippen LogP contribution in [-0.4, -0.2) is 30.0 Å². The van der Waals surface area contributed by atoms with Gasteiger partial charge in [0.1, 0.15) is 6.04 Å². The van der Waals surface area contributed by atoms with Crippen LogP contribution in [0.3, 0.4) is 0 Å². The number of carbonyl (C=O) groups is 2. The van der Waals surface area contributed by atoms with Gasteiger partial charge < -0.3 is 10.1 Å². The predicted octanol–water partition coefficient (Wildman–Crippen LogP) is 3.26. The van der Waals surface area contributed by atoms with Crippen molar-refractivity contribution in [2.45, 2.75) is 12.5 Å². The molecule has 3 aromatic carbocycles. The molecule has 0 aliphatic carbocycles. The lowest BCUT2D eigenvalue weighted by molar-refractivity contribution is -0.384. The second-order valence-electron chi connectivity index (χ2n) is 6.20. The second-order valence-corrected chi connectivity index (χ2v) is 6.20. The molecule has 0 fully saturated rings. The van der Waals surface area contributed by atoms with Crippen molar-refractivity contribution in [3.8, 4) is 0 Å². The molecule has 0 aliphatic rings. The monoisotopic (exact) mass is 378 g/mol. The highest BCUT2D eigenvalue weighted by Gasteiger charge is 2.23. The molecule has 1 amide bonds. The molecule has 0 aliphatic heterocycles. The molecule has 0 bridgehead atoms. The highest BCUT2D eigenvalue weighted by Crippen LogP contribution is 2.19. The lowest BCUT2D eigenvalue weighted by atomic mass is 10.0. The Morgan fingerprint density at radius 3 is 2.39 bits per heavy atom. The summed E-state index contributed by atoms with van der Waals surface area (Å²) in [4.78, 5) is 35.3. The Kier molecular flexibility index (Phi) is 5.64. The molecular formula is C21H18N2O5. The van der Waals surface area contributed by atoms with Gasteiger partial charge in [0.15, 0.2) is 0 Å². The summed E-state index contributed by atoms with van der Waals surface area (Å²) in [6.45, 7) is 0. The number of nitrogens with zero attached hydrogens (tertiary/aromatic N) is 1. The maximum absolute atomic E-state index is 12.8. The van der Waals surface area contributed by atoms with Gasteiger partial charge in [0.2, 0.25) is 0 Å². The highest BCUT2D eigenvalue weighted by molar-refractivity contribution is 6.08. The first kappa shape index (κ1) is 19.0. The number of nitrogens with one attached hydrogen (secondary N) is 1. The van der Waals surface area contributed by atoms with Gasteiger partial charge in [-0.2, -0.15) is 0 Å². The second kappa shape index (κ2) is 8.30. The first-order valence-corrected chi connectivity index (χ1v) is 8.59. The molecule has 3 aromatic rings. The fourth-order valence-electron chi connectivity index (χ4n) is 2.98. The van der Waals surface area contributed by atoms with Crippen LogP contribution in [0, 0.1) is 10.1 Å². The maximum Gasteiger partial charge on any atom is 0.328 e. The summed E-state index contributed by atoms with van der Waals surface area (Å²) in [5.74, 6) is -0.985. The van der Waals surface area contributed by atoms with Crippen LogP contribution in [0.1, 0.15) is 15.9 Å². The number of hydrogen-bond donors (Lipinski definition) is 1. The number of non-ortho nitro benzene ring substituents is 1. The van der Waals surface area contributed by atoms with Gasteiger partial charge in [0.05, 0.1) is 12.0 Å². The zero-order chi connectivity index (χ0) is 20.1. The summed E-state index contributed by atoms with van der Waals surface area (Å²) in [5.41, 5.74) is 1.08. The van der Waals surface area contributed by atoms with Crippen molar-refractivity contribution >= 4 is 28.3 Å². The van der Waals surface area contributed by atoms with Gasteiger partial charge in [-0.25, -0.2) is 4.79 Å². The molecular weight excluding hydrogens is 360 g/mol. The zero-order valence-electron chi connectivity index (χ0n) is 15.1. The molecule has 0 unspecified atom stereocenters. The summed E-state index contributed by atoms with van der Waals surface area (Å²) in [5, 5.41) is 15.2. The number of fused-ring (bicyclic) bond motifs is 1. The standard InChI is InChI=1S/C21H18N2O5/c1-28-21(25)19(13-14-9-11-16(12-10-14)23(26)27)22-20(24)18-8-4-6-15-5-2-3-7-17(15)18/h2-12,19H,13H2,1H3,(H,22,24)/t19-/m1/s1. The van der Waals surface area contributed by atoms with Gasteiger partial charge in [-0.15, -0.1) is 0 Å². The number of ether oxygens (including phenoxy) is 1. The average molecular weight is 378 g/mol. The van der Waals surface area contributed by atoms with E-state index in [2.05, 4.69) is 5.32 Å². The van der Waals surface area contributed by atoms with E-state index >= 15 is 0 Å². The number of esters is 1. The van der Waals surface area contributed by atoms with E-state index < -0.39 is 22.8 Å². The van der Waals surface area contributed by atoms with Crippen molar-refractivity contribution in [3.63, 3.8) is 0 Å². The minimum Gasteiger partial charge on any atom is -0.467 e. The van der Waals surface area contributed by atoms with E-state index in [-0.39, 0.29) is 12.1 Å². The minimum absolute atomic E-state index is 0.0434. The van der Waals surface area contributed by atoms with Crippen LogP contribution >= 0.6 is 0 Å². The number of hydrogen-bond acceptors (Lipinski definition) is 5. The topological polar surface area (TPSA) is 98.5 Å². The highest BCUT2D eigenvalue weighted by atomic mass is 16.6. The molecule has 0 aromatic heterocycles. The van der Waals surface area contributed by atoms with E-state index in [1.54, 1.807) is 24.3 Å². The molecule has 3 rings (SSSR count). The van der Waals surface area contributed by atoms with Crippen LogP contribution < -0.4 is 5.32 Å². The number of methoxy groups -OCH3 is 1. The van der Waals surface area contributed by atoms with Gasteiger partial charge in [-0.05, 0) is 22.4 Å². The Morgan fingerprint density at radius 1 is 1.04 bits per heavy atom. The lowest BCUT2D eigenvalue weighted by Gasteiger charge is -2.17. The van der Waals surface area contributed by atoms with E-state index in [0.717, 1.165) is 10.8 Å². The van der Waals surface area contributed by atoms with Gasteiger partial charge >= 0.3 is 5.97 Å². The van der Waals surface area contributed by atoms with Crippen molar-refractivity contribution < 1.29 is 19.2 Å². The van der Waals surface area contributed by atoms with E-state index in [1.165, 1.54) is 19.2 Å². The van der Waals surface area contributed by atoms with Crippen LogP contribution in [0.2, 0.25) is 0 Å². The van der Waals surface area contributed by atoms with Gasteiger partial charge in [-0.1, -0.05) is 48.5 Å². The first-order valence-electron chi connectivity index (χ1n) is 8.59. The Hall–Kier alpha value is -3.74. The smallest absolute Gasteiger partial charge is 0.328 e. The Bertz CT molecular complexity index is 1030. The van der Waals surface area contributed by atoms with Gasteiger partial charge in [-0.3, -0.25) is 14.9 Å². The van der Waals surface area contributed by atoms with Crippen LogP contribution in [0.25, 0.3) is 10.8 Å². The van der Waals surface area contributed by atoms with Crippen molar-refractivity contribution in [1.82, 2.24) is 5.32 Å². The maximum atomic E-state index is 12.8. The molecule has 0 spiro atoms. The normalized spacial score (nSPS) is 11.6. The quantitative estimate of drug-likeness (QED) is 0.403. The summed E-state index contributed by atoms with van der Waals surface area (Å²) >= 11 is 0. The molecule has 7 nitrogen and oxygen atoms in total. The molecule has 0 heterocycles. The number of carbonyl (C=O) groups excluding carboxylic acids is 2.